The van der Waals surface area contributed by atoms with Crippen LogP contribution in [0.1, 0.15) is 21.5 Å². The second-order valence-electron chi connectivity index (χ2n) is 4.54. The maximum absolute atomic E-state index is 11.0. The van der Waals surface area contributed by atoms with Crippen molar-refractivity contribution >= 4 is 23.5 Å². The Hall–Kier alpha value is -2.41. The summed E-state index contributed by atoms with van der Waals surface area (Å²) in [5.41, 5.74) is 2.24. The summed E-state index contributed by atoms with van der Waals surface area (Å²) in [4.78, 5) is 24.9. The van der Waals surface area contributed by atoms with Gasteiger partial charge >= 0.3 is 12.0 Å². The smallest absolute Gasteiger partial charge is 0.335 e. The summed E-state index contributed by atoms with van der Waals surface area (Å²) in [5, 5.41) is 9.08. The molecule has 0 spiro atoms. The molecule has 108 valence electrons. The number of rotatable bonds is 3. The molecule has 3 rings (SSSR count). The summed E-state index contributed by atoms with van der Waals surface area (Å²) >= 11 is 5.84. The van der Waals surface area contributed by atoms with Gasteiger partial charge in [0.1, 0.15) is 0 Å². The molecule has 1 aromatic heterocycles. The number of methoxy groups -OCH3 is 1. The first-order chi connectivity index (χ1) is 10.1. The maximum Gasteiger partial charge on any atom is 0.335 e. The molecule has 0 unspecified atom stereocenters. The van der Waals surface area contributed by atoms with E-state index in [1.165, 1.54) is 7.11 Å². The van der Waals surface area contributed by atoms with E-state index in [-0.39, 0.29) is 16.9 Å². The van der Waals surface area contributed by atoms with Crippen LogP contribution in [0.25, 0.3) is 0 Å². The zero-order chi connectivity index (χ0) is 15.0. The van der Waals surface area contributed by atoms with E-state index in [0.29, 0.717) is 19.0 Å². The lowest BCUT2D eigenvalue weighted by Gasteiger charge is -2.15. The van der Waals surface area contributed by atoms with E-state index >= 15 is 0 Å². The summed E-state index contributed by atoms with van der Waals surface area (Å²) in [6.07, 6.45) is 0. The summed E-state index contributed by atoms with van der Waals surface area (Å²) in [6, 6.07) is 5.20. The summed E-state index contributed by atoms with van der Waals surface area (Å²) in [5.74, 6) is -0.541. The van der Waals surface area contributed by atoms with Crippen molar-refractivity contribution in [3.63, 3.8) is 0 Å². The van der Waals surface area contributed by atoms with Crippen molar-refractivity contribution in [2.45, 2.75) is 13.1 Å². The van der Waals surface area contributed by atoms with Crippen LogP contribution in [0.2, 0.25) is 5.28 Å². The fourth-order valence-electron chi connectivity index (χ4n) is 2.22. The third-order valence-electron chi connectivity index (χ3n) is 3.22. The van der Waals surface area contributed by atoms with Gasteiger partial charge in [-0.15, -0.1) is 0 Å². The molecule has 1 aliphatic rings. The largest absolute Gasteiger partial charge is 0.478 e. The molecule has 1 aromatic carbocycles. The molecule has 0 saturated carbocycles. The first-order valence-corrected chi connectivity index (χ1v) is 6.50. The number of hydrogen-bond donors (Lipinski definition) is 1. The van der Waals surface area contributed by atoms with Crippen LogP contribution in [0.3, 0.4) is 0 Å². The molecule has 2 aromatic rings. The highest BCUT2D eigenvalue weighted by molar-refractivity contribution is 6.28. The van der Waals surface area contributed by atoms with Crippen LogP contribution in [0.4, 0.5) is 5.95 Å². The molecule has 21 heavy (non-hydrogen) atoms. The minimum atomic E-state index is -0.943. The number of carboxylic acids is 1. The molecule has 1 N–H and O–H groups in total. The lowest BCUT2D eigenvalue weighted by atomic mass is 10.1. The van der Waals surface area contributed by atoms with E-state index < -0.39 is 5.97 Å². The molecule has 0 aliphatic carbocycles. The first kappa shape index (κ1) is 13.6. The average Bonchev–Trinajstić information content (AvgIpc) is 2.89. The number of aromatic nitrogens is 3. The molecule has 0 amide bonds. The van der Waals surface area contributed by atoms with Crippen LogP contribution in [-0.2, 0) is 13.1 Å². The predicted molar refractivity (Wildman–Crippen MR) is 74.7 cm³/mol. The molecule has 0 saturated heterocycles. The van der Waals surface area contributed by atoms with Gasteiger partial charge in [0.25, 0.3) is 0 Å². The standard InChI is InChI=1S/C13H11ClN4O3/c1-21-13-16-11(14)15-12(17-13)18-5-8-3-2-7(10(19)20)4-9(8)6-18/h2-4H,5-6H2,1H3,(H,19,20). The predicted octanol–water partition coefficient (Wildman–Crippen LogP) is 1.75. The van der Waals surface area contributed by atoms with E-state index in [0.717, 1.165) is 11.1 Å². The Morgan fingerprint density at radius 2 is 2.05 bits per heavy atom. The Morgan fingerprint density at radius 1 is 1.29 bits per heavy atom. The van der Waals surface area contributed by atoms with Crippen LogP contribution in [-0.4, -0.2) is 33.1 Å². The lowest BCUT2D eigenvalue weighted by Crippen LogP contribution is -2.18. The highest BCUT2D eigenvalue weighted by Gasteiger charge is 2.23. The fourth-order valence-corrected chi connectivity index (χ4v) is 2.37. The van der Waals surface area contributed by atoms with Crippen LogP contribution in [0.15, 0.2) is 18.2 Å². The summed E-state index contributed by atoms with van der Waals surface area (Å²) < 4.78 is 4.97. The number of anilines is 1. The van der Waals surface area contributed by atoms with Gasteiger partial charge in [0.05, 0.1) is 12.7 Å². The molecule has 0 bridgehead atoms. The third-order valence-corrected chi connectivity index (χ3v) is 3.39. The van der Waals surface area contributed by atoms with Crippen LogP contribution in [0.5, 0.6) is 6.01 Å². The Balaban J connectivity index is 1.90. The molecule has 0 atom stereocenters. The normalized spacial score (nSPS) is 13.1. The number of ether oxygens (including phenoxy) is 1. The van der Waals surface area contributed by atoms with Crippen molar-refractivity contribution in [2.24, 2.45) is 0 Å². The number of nitrogens with zero attached hydrogens (tertiary/aromatic N) is 4. The summed E-state index contributed by atoms with van der Waals surface area (Å²) in [6.45, 7) is 1.10. The van der Waals surface area contributed by atoms with Gasteiger partial charge < -0.3 is 14.7 Å². The van der Waals surface area contributed by atoms with Gasteiger partial charge in [-0.25, -0.2) is 4.79 Å². The third kappa shape index (κ3) is 2.59. The zero-order valence-corrected chi connectivity index (χ0v) is 11.8. The Bertz CT molecular complexity index is 723. The van der Waals surface area contributed by atoms with Gasteiger partial charge in [-0.05, 0) is 34.9 Å². The van der Waals surface area contributed by atoms with Gasteiger partial charge in [0, 0.05) is 13.1 Å². The molecule has 1 aliphatic heterocycles. The van der Waals surface area contributed by atoms with Gasteiger partial charge in [-0.1, -0.05) is 6.07 Å². The van der Waals surface area contributed by atoms with E-state index in [1.807, 2.05) is 4.90 Å². The van der Waals surface area contributed by atoms with Crippen molar-refractivity contribution in [3.05, 3.63) is 40.2 Å². The number of halogens is 1. The first-order valence-electron chi connectivity index (χ1n) is 6.12. The van der Waals surface area contributed by atoms with Gasteiger partial charge in [0.15, 0.2) is 0 Å². The van der Waals surface area contributed by atoms with Gasteiger partial charge in [-0.3, -0.25) is 0 Å². The van der Waals surface area contributed by atoms with Crippen LogP contribution in [0, 0.1) is 0 Å². The summed E-state index contributed by atoms with van der Waals surface area (Å²) in [7, 11) is 1.45. The highest BCUT2D eigenvalue weighted by Crippen LogP contribution is 2.28. The zero-order valence-electron chi connectivity index (χ0n) is 11.1. The lowest BCUT2D eigenvalue weighted by molar-refractivity contribution is 0.0697. The van der Waals surface area contributed by atoms with Crippen LogP contribution >= 0.6 is 11.6 Å². The second kappa shape index (κ2) is 5.17. The topological polar surface area (TPSA) is 88.4 Å². The number of carboxylic acid groups (broad SMARTS) is 1. The molecule has 8 heteroatoms. The Morgan fingerprint density at radius 3 is 2.76 bits per heavy atom. The maximum atomic E-state index is 11.0. The molecule has 0 fully saturated rings. The van der Waals surface area contributed by atoms with Crippen molar-refractivity contribution in [1.82, 2.24) is 15.0 Å². The number of aromatic carboxylic acids is 1. The van der Waals surface area contributed by atoms with E-state index in [4.69, 9.17) is 21.4 Å². The van der Waals surface area contributed by atoms with Crippen molar-refractivity contribution in [3.8, 4) is 6.01 Å². The van der Waals surface area contributed by atoms with Crippen LogP contribution < -0.4 is 9.64 Å². The van der Waals surface area contributed by atoms with E-state index in [2.05, 4.69) is 15.0 Å². The number of hydrogen-bond acceptors (Lipinski definition) is 6. The number of fused-ring (bicyclic) bond motifs is 1. The quantitative estimate of drug-likeness (QED) is 0.924. The van der Waals surface area contributed by atoms with Crippen molar-refractivity contribution in [2.75, 3.05) is 12.0 Å². The monoisotopic (exact) mass is 306 g/mol. The Kier molecular flexibility index (Phi) is 3.34. The van der Waals surface area contributed by atoms with Crippen molar-refractivity contribution < 1.29 is 14.6 Å². The Labute approximate surface area is 125 Å². The van der Waals surface area contributed by atoms with Crippen molar-refractivity contribution in [1.29, 1.82) is 0 Å². The molecule has 0 radical (unpaired) electrons. The molecule has 7 nitrogen and oxygen atoms in total. The van der Waals surface area contributed by atoms with Gasteiger partial charge in [0.2, 0.25) is 11.2 Å². The molecular formula is C13H11ClN4O3. The molecule has 2 heterocycles. The fraction of sp³-hybridized carbons (Fsp3) is 0.231. The van der Waals surface area contributed by atoms with Gasteiger partial charge in [-0.2, -0.15) is 15.0 Å². The minimum Gasteiger partial charge on any atom is -0.478 e. The number of carbonyl (C=O) groups is 1. The second-order valence-corrected chi connectivity index (χ2v) is 4.87. The average molecular weight is 307 g/mol. The highest BCUT2D eigenvalue weighted by atomic mass is 35.5. The minimum absolute atomic E-state index is 0.0547. The number of benzene rings is 1. The van der Waals surface area contributed by atoms with E-state index in [1.54, 1.807) is 18.2 Å². The SMILES string of the molecule is COc1nc(Cl)nc(N2Cc3ccc(C(=O)O)cc3C2)n1. The van der Waals surface area contributed by atoms with E-state index in [9.17, 15) is 4.79 Å². The molecular weight excluding hydrogens is 296 g/mol.